The van der Waals surface area contributed by atoms with E-state index in [1.54, 1.807) is 6.92 Å². The van der Waals surface area contributed by atoms with E-state index in [1.165, 1.54) is 0 Å². The highest BCUT2D eigenvalue weighted by atomic mass is 16.5. The summed E-state index contributed by atoms with van der Waals surface area (Å²) in [6, 6.07) is 0.118. The van der Waals surface area contributed by atoms with Gasteiger partial charge >= 0.3 is 0 Å². The average Bonchev–Trinajstić information content (AvgIpc) is 2.41. The van der Waals surface area contributed by atoms with Gasteiger partial charge in [-0.25, -0.2) is 0 Å². The molecule has 3 heterocycles. The van der Waals surface area contributed by atoms with Crippen molar-refractivity contribution in [2.45, 2.75) is 31.9 Å². The van der Waals surface area contributed by atoms with Crippen molar-refractivity contribution in [1.29, 1.82) is 0 Å². The molecule has 1 aliphatic carbocycles. The van der Waals surface area contributed by atoms with Gasteiger partial charge in [0.05, 0.1) is 6.61 Å². The van der Waals surface area contributed by atoms with E-state index in [4.69, 9.17) is 4.74 Å². The summed E-state index contributed by atoms with van der Waals surface area (Å²) in [5, 5.41) is 0. The summed E-state index contributed by atoms with van der Waals surface area (Å²) >= 11 is 0. The molecule has 4 bridgehead atoms. The molecule has 0 N–H and O–H groups in total. The van der Waals surface area contributed by atoms with Gasteiger partial charge in [0.25, 0.3) is 0 Å². The molecule has 0 aromatic rings. The van der Waals surface area contributed by atoms with Crippen LogP contribution in [0.5, 0.6) is 0 Å². The first-order valence-electron chi connectivity index (χ1n) is 5.58. The van der Waals surface area contributed by atoms with Gasteiger partial charge in [0, 0.05) is 31.8 Å². The molecule has 4 heteroatoms. The van der Waals surface area contributed by atoms with Crippen LogP contribution >= 0.6 is 0 Å². The lowest BCUT2D eigenvalue weighted by molar-refractivity contribution is -0.135. The highest BCUT2D eigenvalue weighted by Gasteiger charge is 2.51. The van der Waals surface area contributed by atoms with E-state index in [-0.39, 0.29) is 23.8 Å². The number of ketones is 1. The largest absolute Gasteiger partial charge is 0.370 e. The predicted octanol–water partition coefficient (Wildman–Crippen LogP) is 0.211. The van der Waals surface area contributed by atoms with Gasteiger partial charge in [-0.05, 0) is 12.3 Å². The van der Waals surface area contributed by atoms with Crippen LogP contribution in [0.1, 0.15) is 19.8 Å². The average molecular weight is 209 g/mol. The number of carbonyl (C=O) groups is 2. The third kappa shape index (κ3) is 1.24. The molecule has 1 amide bonds. The lowest BCUT2D eigenvalue weighted by Gasteiger charge is -2.27. The normalized spacial score (nSPS) is 43.3. The molecule has 4 rings (SSSR count). The van der Waals surface area contributed by atoms with Crippen LogP contribution in [0.25, 0.3) is 0 Å². The Hall–Kier alpha value is -0.900. The monoisotopic (exact) mass is 209 g/mol. The van der Waals surface area contributed by atoms with Crippen molar-refractivity contribution in [2.75, 3.05) is 13.2 Å². The van der Waals surface area contributed by atoms with Crippen LogP contribution in [0.15, 0.2) is 0 Å². The minimum Gasteiger partial charge on any atom is -0.370 e. The minimum atomic E-state index is -0.176. The Bertz CT molecular complexity index is 328. The number of hydrogen-bond donors (Lipinski definition) is 0. The summed E-state index contributed by atoms with van der Waals surface area (Å²) < 4.78 is 5.54. The first-order valence-corrected chi connectivity index (χ1v) is 5.58. The second kappa shape index (κ2) is 3.04. The number of hydrogen-bond acceptors (Lipinski definition) is 3. The van der Waals surface area contributed by atoms with Crippen LogP contribution in [-0.4, -0.2) is 41.9 Å². The number of ether oxygens (including phenoxy) is 1. The second-order valence-corrected chi connectivity index (χ2v) is 4.89. The number of carbonyl (C=O) groups excluding carboxylic acids is 2. The van der Waals surface area contributed by atoms with E-state index in [2.05, 4.69) is 0 Å². The Labute approximate surface area is 88.6 Å². The SMILES string of the molecule is CC(=O)N1CC2CC3OCC2[C@H]1CC3=O. The van der Waals surface area contributed by atoms with Crippen molar-refractivity contribution in [3.63, 3.8) is 0 Å². The zero-order chi connectivity index (χ0) is 10.6. The topological polar surface area (TPSA) is 46.6 Å². The van der Waals surface area contributed by atoms with Gasteiger partial charge in [0.15, 0.2) is 5.78 Å². The molecule has 3 aliphatic heterocycles. The fraction of sp³-hybridized carbons (Fsp3) is 0.818. The summed E-state index contributed by atoms with van der Waals surface area (Å²) in [5.74, 6) is 1.18. The third-order valence-electron chi connectivity index (χ3n) is 4.11. The van der Waals surface area contributed by atoms with Gasteiger partial charge in [0.1, 0.15) is 6.10 Å². The zero-order valence-corrected chi connectivity index (χ0v) is 8.81. The fourth-order valence-electron chi connectivity index (χ4n) is 3.32. The van der Waals surface area contributed by atoms with Crippen molar-refractivity contribution >= 4 is 11.7 Å². The summed E-state index contributed by atoms with van der Waals surface area (Å²) in [4.78, 5) is 25.1. The van der Waals surface area contributed by atoms with Gasteiger partial charge in [-0.3, -0.25) is 9.59 Å². The van der Waals surface area contributed by atoms with Crippen LogP contribution in [0.2, 0.25) is 0 Å². The number of rotatable bonds is 0. The van der Waals surface area contributed by atoms with E-state index in [1.807, 2.05) is 4.90 Å². The van der Waals surface area contributed by atoms with Crippen molar-refractivity contribution in [1.82, 2.24) is 4.90 Å². The Balaban J connectivity index is 1.94. The van der Waals surface area contributed by atoms with E-state index >= 15 is 0 Å². The predicted molar refractivity (Wildman–Crippen MR) is 52.1 cm³/mol. The first kappa shape index (κ1) is 9.33. The fourth-order valence-corrected chi connectivity index (χ4v) is 3.32. The molecule has 4 aliphatic rings. The van der Waals surface area contributed by atoms with Crippen molar-refractivity contribution < 1.29 is 14.3 Å². The van der Waals surface area contributed by atoms with Gasteiger partial charge < -0.3 is 9.64 Å². The lowest BCUT2D eigenvalue weighted by Crippen LogP contribution is -2.38. The second-order valence-electron chi connectivity index (χ2n) is 4.89. The number of amides is 1. The molecule has 15 heavy (non-hydrogen) atoms. The molecule has 3 unspecified atom stereocenters. The van der Waals surface area contributed by atoms with Crippen LogP contribution in [0.3, 0.4) is 0 Å². The van der Waals surface area contributed by atoms with Crippen LogP contribution in [-0.2, 0) is 14.3 Å². The molecule has 0 aromatic heterocycles. The summed E-state index contributed by atoms with van der Waals surface area (Å²) in [7, 11) is 0. The van der Waals surface area contributed by atoms with Gasteiger partial charge in [0.2, 0.25) is 5.91 Å². The molecule has 3 saturated heterocycles. The van der Waals surface area contributed by atoms with Crippen molar-refractivity contribution in [3.05, 3.63) is 0 Å². The van der Waals surface area contributed by atoms with Gasteiger partial charge in [-0.15, -0.1) is 0 Å². The van der Waals surface area contributed by atoms with Gasteiger partial charge in [-0.2, -0.15) is 0 Å². The molecule has 0 spiro atoms. The van der Waals surface area contributed by atoms with Crippen LogP contribution in [0.4, 0.5) is 0 Å². The van der Waals surface area contributed by atoms with E-state index in [0.29, 0.717) is 24.9 Å². The molecule has 4 fully saturated rings. The minimum absolute atomic E-state index is 0.0978. The van der Waals surface area contributed by atoms with Crippen LogP contribution < -0.4 is 0 Å². The maximum Gasteiger partial charge on any atom is 0.219 e. The molecule has 82 valence electrons. The highest BCUT2D eigenvalue weighted by Crippen LogP contribution is 2.42. The van der Waals surface area contributed by atoms with Crippen molar-refractivity contribution in [2.24, 2.45) is 11.8 Å². The molecule has 4 nitrogen and oxygen atoms in total. The molecule has 1 saturated carbocycles. The highest BCUT2D eigenvalue weighted by molar-refractivity contribution is 5.85. The Morgan fingerprint density at radius 2 is 2.33 bits per heavy atom. The van der Waals surface area contributed by atoms with Crippen molar-refractivity contribution in [3.8, 4) is 0 Å². The van der Waals surface area contributed by atoms with Gasteiger partial charge in [-0.1, -0.05) is 0 Å². The maximum absolute atomic E-state index is 11.8. The molecular formula is C11H15NO3. The van der Waals surface area contributed by atoms with E-state index < -0.39 is 0 Å². The summed E-state index contributed by atoms with van der Waals surface area (Å²) in [6.45, 7) is 3.09. The first-order chi connectivity index (χ1) is 7.16. The molecule has 0 radical (unpaired) electrons. The standard InChI is InChI=1S/C11H15NO3/c1-6(13)12-4-7-2-11-10(14)3-9(12)8(7)5-15-11/h7-9,11H,2-5H2,1H3/t7?,8?,9-,11?/m1/s1. The quantitative estimate of drug-likeness (QED) is 0.573. The smallest absolute Gasteiger partial charge is 0.219 e. The summed E-state index contributed by atoms with van der Waals surface area (Å²) in [5.41, 5.74) is 0. The number of likely N-dealkylation sites (tertiary alicyclic amines) is 1. The molecular weight excluding hydrogens is 194 g/mol. The number of Topliss-reactive ketones (excluding diaryl/α,β-unsaturated/α-hetero) is 1. The Morgan fingerprint density at radius 1 is 1.53 bits per heavy atom. The Morgan fingerprint density at radius 3 is 3.07 bits per heavy atom. The zero-order valence-electron chi connectivity index (χ0n) is 8.81. The molecule has 4 atom stereocenters. The number of fused-ring (bicyclic) bond motifs is 2. The molecule has 0 aromatic carbocycles. The van der Waals surface area contributed by atoms with E-state index in [0.717, 1.165) is 13.0 Å². The maximum atomic E-state index is 11.8. The van der Waals surface area contributed by atoms with E-state index in [9.17, 15) is 9.59 Å². The third-order valence-corrected chi connectivity index (χ3v) is 4.11. The summed E-state index contributed by atoms with van der Waals surface area (Å²) in [6.07, 6.45) is 1.15. The number of nitrogens with zero attached hydrogens (tertiary/aromatic N) is 1. The van der Waals surface area contributed by atoms with Crippen LogP contribution in [0, 0.1) is 11.8 Å². The lowest BCUT2D eigenvalue weighted by atomic mass is 9.88. The Kier molecular flexibility index (Phi) is 1.89.